The highest BCUT2D eigenvalue weighted by Gasteiger charge is 2.33. The van der Waals surface area contributed by atoms with Gasteiger partial charge in [-0.1, -0.05) is 26.2 Å². The molecule has 1 heterocycles. The second kappa shape index (κ2) is 7.78. The molecule has 1 unspecified atom stereocenters. The summed E-state index contributed by atoms with van der Waals surface area (Å²) in [5.41, 5.74) is 0. The maximum Gasteiger partial charge on any atom is 0.312 e. The molecule has 5 nitrogen and oxygen atoms in total. The van der Waals surface area contributed by atoms with Gasteiger partial charge < -0.3 is 15.1 Å². The number of rotatable bonds is 6. The van der Waals surface area contributed by atoms with Crippen LogP contribution in [0.25, 0.3) is 0 Å². The average molecular weight is 295 g/mol. The van der Waals surface area contributed by atoms with Crippen LogP contribution in [0.15, 0.2) is 0 Å². The molecule has 1 saturated carbocycles. The molecule has 1 atom stereocenters. The van der Waals surface area contributed by atoms with Crippen LogP contribution in [0.4, 0.5) is 0 Å². The number of likely N-dealkylation sites (N-methyl/N-ethyl adjacent to an activating group) is 1. The molecule has 2 rings (SSSR count). The van der Waals surface area contributed by atoms with E-state index >= 15 is 0 Å². The van der Waals surface area contributed by atoms with Crippen LogP contribution in [0.3, 0.4) is 0 Å². The van der Waals surface area contributed by atoms with Crippen molar-refractivity contribution in [2.45, 2.75) is 51.5 Å². The lowest BCUT2D eigenvalue weighted by Gasteiger charge is -2.38. The maximum atomic E-state index is 12.1. The Labute approximate surface area is 128 Å². The van der Waals surface area contributed by atoms with Gasteiger partial charge in [0.15, 0.2) is 0 Å². The number of carbonyl (C=O) groups excluding carboxylic acids is 2. The number of carbonyl (C=O) groups is 2. The summed E-state index contributed by atoms with van der Waals surface area (Å²) in [4.78, 5) is 27.2. The van der Waals surface area contributed by atoms with Crippen LogP contribution in [0, 0.1) is 5.92 Å². The van der Waals surface area contributed by atoms with E-state index in [1.165, 1.54) is 37.0 Å². The molecule has 5 heteroatoms. The lowest BCUT2D eigenvalue weighted by atomic mass is 9.83. The Balaban J connectivity index is 1.96. The second-order valence-corrected chi connectivity index (χ2v) is 6.44. The van der Waals surface area contributed by atoms with Crippen molar-refractivity contribution in [3.05, 3.63) is 0 Å². The summed E-state index contributed by atoms with van der Waals surface area (Å²) in [6.07, 6.45) is 7.52. The quantitative estimate of drug-likeness (QED) is 0.750. The van der Waals surface area contributed by atoms with Crippen molar-refractivity contribution in [2.75, 3.05) is 33.2 Å². The molecule has 1 N–H and O–H groups in total. The Bertz CT molecular complexity index is 367. The zero-order valence-electron chi connectivity index (χ0n) is 13.4. The van der Waals surface area contributed by atoms with Gasteiger partial charge in [-0.25, -0.2) is 0 Å². The zero-order valence-corrected chi connectivity index (χ0v) is 13.4. The summed E-state index contributed by atoms with van der Waals surface area (Å²) in [5, 5.41) is 3.61. The summed E-state index contributed by atoms with van der Waals surface area (Å²) < 4.78 is 0. The van der Waals surface area contributed by atoms with E-state index in [-0.39, 0.29) is 11.8 Å². The molecule has 0 bridgehead atoms. The van der Waals surface area contributed by atoms with Gasteiger partial charge in [-0.15, -0.1) is 0 Å². The van der Waals surface area contributed by atoms with Crippen LogP contribution in [-0.2, 0) is 9.59 Å². The van der Waals surface area contributed by atoms with E-state index in [1.54, 1.807) is 11.9 Å². The molecule has 0 aromatic heterocycles. The first kappa shape index (κ1) is 16.3. The summed E-state index contributed by atoms with van der Waals surface area (Å²) in [6.45, 7) is 5.14. The van der Waals surface area contributed by atoms with E-state index in [0.29, 0.717) is 31.6 Å². The molecule has 2 fully saturated rings. The maximum absolute atomic E-state index is 12.1. The third kappa shape index (κ3) is 4.19. The van der Waals surface area contributed by atoms with Crippen molar-refractivity contribution in [3.63, 3.8) is 0 Å². The Morgan fingerprint density at radius 3 is 2.52 bits per heavy atom. The van der Waals surface area contributed by atoms with Gasteiger partial charge in [0.05, 0.1) is 0 Å². The minimum absolute atomic E-state index is 0.331. The fraction of sp³-hybridized carbons (Fsp3) is 0.875. The fourth-order valence-electron chi connectivity index (χ4n) is 3.43. The van der Waals surface area contributed by atoms with Gasteiger partial charge in [-0.05, 0) is 31.7 Å². The second-order valence-electron chi connectivity index (χ2n) is 6.44. The molecule has 0 radical (unpaired) electrons. The van der Waals surface area contributed by atoms with E-state index in [0.717, 1.165) is 13.0 Å². The normalized spacial score (nSPS) is 22.8. The minimum Gasteiger partial charge on any atom is -0.336 e. The molecule has 2 amide bonds. The number of hydrogen-bond acceptors (Lipinski definition) is 3. The molecule has 1 aliphatic carbocycles. The molecule has 0 aromatic rings. The Morgan fingerprint density at radius 1 is 1.14 bits per heavy atom. The zero-order chi connectivity index (χ0) is 15.2. The molecule has 0 aromatic carbocycles. The van der Waals surface area contributed by atoms with Crippen molar-refractivity contribution in [1.82, 2.24) is 15.1 Å². The molecule has 0 spiro atoms. The lowest BCUT2D eigenvalue weighted by Crippen LogP contribution is -2.57. The van der Waals surface area contributed by atoms with E-state index in [1.807, 2.05) is 0 Å². The molecule has 120 valence electrons. The number of piperazine rings is 1. The number of amides is 2. The van der Waals surface area contributed by atoms with Gasteiger partial charge in [0.2, 0.25) is 0 Å². The molecular formula is C16H29N3O2. The smallest absolute Gasteiger partial charge is 0.312 e. The van der Waals surface area contributed by atoms with Crippen LogP contribution in [0.5, 0.6) is 0 Å². The predicted molar refractivity (Wildman–Crippen MR) is 82.9 cm³/mol. The summed E-state index contributed by atoms with van der Waals surface area (Å²) in [6, 6.07) is 0.338. The lowest BCUT2D eigenvalue weighted by molar-refractivity contribution is -0.155. The van der Waals surface area contributed by atoms with Gasteiger partial charge in [0.1, 0.15) is 0 Å². The fourth-order valence-corrected chi connectivity index (χ4v) is 3.43. The van der Waals surface area contributed by atoms with Crippen LogP contribution >= 0.6 is 0 Å². The van der Waals surface area contributed by atoms with E-state index in [9.17, 15) is 9.59 Å². The van der Waals surface area contributed by atoms with Crippen LogP contribution in [-0.4, -0.2) is 60.9 Å². The van der Waals surface area contributed by atoms with Gasteiger partial charge in [0.25, 0.3) is 0 Å². The van der Waals surface area contributed by atoms with Crippen molar-refractivity contribution < 1.29 is 9.59 Å². The van der Waals surface area contributed by atoms with E-state index in [4.69, 9.17) is 0 Å². The van der Waals surface area contributed by atoms with Crippen LogP contribution < -0.4 is 5.32 Å². The van der Waals surface area contributed by atoms with Gasteiger partial charge in [-0.3, -0.25) is 9.59 Å². The first-order chi connectivity index (χ1) is 10.1. The van der Waals surface area contributed by atoms with Crippen molar-refractivity contribution in [2.24, 2.45) is 5.92 Å². The number of nitrogens with one attached hydrogen (secondary N) is 1. The van der Waals surface area contributed by atoms with Gasteiger partial charge in [-0.2, -0.15) is 0 Å². The SMILES string of the molecule is CCCNC(CN1CCN(C)C(=O)C1=O)C1CCCCC1. The molecule has 2 aliphatic rings. The Morgan fingerprint density at radius 2 is 1.86 bits per heavy atom. The van der Waals surface area contributed by atoms with Crippen LogP contribution in [0.2, 0.25) is 0 Å². The summed E-state index contributed by atoms with van der Waals surface area (Å²) in [7, 11) is 1.70. The van der Waals surface area contributed by atoms with Crippen LogP contribution in [0.1, 0.15) is 45.4 Å². The largest absolute Gasteiger partial charge is 0.336 e. The topological polar surface area (TPSA) is 52.6 Å². The van der Waals surface area contributed by atoms with Gasteiger partial charge >= 0.3 is 11.8 Å². The first-order valence-corrected chi connectivity index (χ1v) is 8.41. The van der Waals surface area contributed by atoms with Gasteiger partial charge in [0, 0.05) is 32.7 Å². The number of nitrogens with zero attached hydrogens (tertiary/aromatic N) is 2. The van der Waals surface area contributed by atoms with Crippen molar-refractivity contribution in [3.8, 4) is 0 Å². The Kier molecular flexibility index (Phi) is 6.03. The van der Waals surface area contributed by atoms with E-state index < -0.39 is 0 Å². The molecule has 1 aliphatic heterocycles. The van der Waals surface area contributed by atoms with E-state index in [2.05, 4.69) is 12.2 Å². The highest BCUT2D eigenvalue weighted by atomic mass is 16.2. The molecule has 21 heavy (non-hydrogen) atoms. The summed E-state index contributed by atoms with van der Waals surface area (Å²) >= 11 is 0. The average Bonchev–Trinajstić information content (AvgIpc) is 2.52. The van der Waals surface area contributed by atoms with Crippen molar-refractivity contribution in [1.29, 1.82) is 0 Å². The minimum atomic E-state index is -0.362. The predicted octanol–water partition coefficient (Wildman–Crippen LogP) is 1.24. The molecule has 1 saturated heterocycles. The monoisotopic (exact) mass is 295 g/mol. The van der Waals surface area contributed by atoms with Crippen molar-refractivity contribution >= 4 is 11.8 Å². The molecular weight excluding hydrogens is 266 g/mol. The highest BCUT2D eigenvalue weighted by molar-refractivity contribution is 6.35. The highest BCUT2D eigenvalue weighted by Crippen LogP contribution is 2.27. The number of hydrogen-bond donors (Lipinski definition) is 1. The standard InChI is InChI=1S/C16H29N3O2/c1-3-9-17-14(13-7-5-4-6-8-13)12-19-11-10-18(2)15(20)16(19)21/h13-14,17H,3-12H2,1-2H3. The first-order valence-electron chi connectivity index (χ1n) is 8.41. The third-order valence-electron chi connectivity index (χ3n) is 4.81. The Hall–Kier alpha value is -1.10. The summed E-state index contributed by atoms with van der Waals surface area (Å²) in [5.74, 6) is -0.0464. The third-order valence-corrected chi connectivity index (χ3v) is 4.81.